The predicted octanol–water partition coefficient (Wildman–Crippen LogP) is 6.29. The van der Waals surface area contributed by atoms with Crippen LogP contribution in [0.1, 0.15) is 22.3 Å². The van der Waals surface area contributed by atoms with Gasteiger partial charge in [0.1, 0.15) is 6.61 Å². The normalized spacial score (nSPS) is 14.3. The number of rotatable bonds is 6. The molecular formula is C25H19BrINO4. The van der Waals surface area contributed by atoms with Crippen LogP contribution in [0.2, 0.25) is 0 Å². The standard InChI is InChI=1S/C25H19BrINO4/c1-15-11-18(6-9-20(15)27)24-28-21(25(29)32-24)12-17-5-10-22(23(13-17)30-2)31-14-16-3-7-19(26)8-4-16/h3-13H,14H2,1-2H3/b21-12-. The molecule has 1 aliphatic rings. The van der Waals surface area contributed by atoms with E-state index in [0.29, 0.717) is 24.0 Å². The Bertz CT molecular complexity index is 1240. The summed E-state index contributed by atoms with van der Waals surface area (Å²) in [5, 5.41) is 0. The van der Waals surface area contributed by atoms with Gasteiger partial charge in [-0.3, -0.25) is 0 Å². The molecule has 0 aliphatic carbocycles. The highest BCUT2D eigenvalue weighted by Crippen LogP contribution is 2.30. The molecule has 0 saturated carbocycles. The highest BCUT2D eigenvalue weighted by molar-refractivity contribution is 14.1. The Morgan fingerprint density at radius 3 is 2.56 bits per heavy atom. The minimum atomic E-state index is -0.481. The fraction of sp³-hybridized carbons (Fsp3) is 0.120. The molecule has 0 radical (unpaired) electrons. The van der Waals surface area contributed by atoms with Gasteiger partial charge < -0.3 is 14.2 Å². The number of aryl methyl sites for hydroxylation is 1. The van der Waals surface area contributed by atoms with Crippen molar-refractivity contribution in [2.75, 3.05) is 7.11 Å². The van der Waals surface area contributed by atoms with Gasteiger partial charge >= 0.3 is 5.97 Å². The molecule has 5 nitrogen and oxygen atoms in total. The second kappa shape index (κ2) is 9.87. The minimum Gasteiger partial charge on any atom is -0.493 e. The van der Waals surface area contributed by atoms with E-state index in [0.717, 1.165) is 30.3 Å². The maximum atomic E-state index is 12.4. The molecule has 0 saturated heterocycles. The summed E-state index contributed by atoms with van der Waals surface area (Å²) < 4.78 is 18.9. The molecule has 162 valence electrons. The van der Waals surface area contributed by atoms with Crippen molar-refractivity contribution in [1.82, 2.24) is 0 Å². The van der Waals surface area contributed by atoms with Crippen molar-refractivity contribution >= 4 is 56.5 Å². The van der Waals surface area contributed by atoms with Gasteiger partial charge in [0.15, 0.2) is 17.2 Å². The molecule has 0 fully saturated rings. The van der Waals surface area contributed by atoms with Crippen molar-refractivity contribution in [2.45, 2.75) is 13.5 Å². The third-order valence-electron chi connectivity index (χ3n) is 4.82. The summed E-state index contributed by atoms with van der Waals surface area (Å²) in [4.78, 5) is 16.7. The first-order valence-corrected chi connectivity index (χ1v) is 11.6. The van der Waals surface area contributed by atoms with Crippen LogP contribution in [0.25, 0.3) is 6.08 Å². The van der Waals surface area contributed by atoms with Crippen molar-refractivity contribution in [2.24, 2.45) is 4.99 Å². The number of benzene rings is 3. The minimum absolute atomic E-state index is 0.238. The fourth-order valence-electron chi connectivity index (χ4n) is 3.10. The Kier molecular flexibility index (Phi) is 6.95. The first kappa shape index (κ1) is 22.5. The number of esters is 1. The van der Waals surface area contributed by atoms with Crippen molar-refractivity contribution < 1.29 is 19.0 Å². The van der Waals surface area contributed by atoms with Gasteiger partial charge in [0, 0.05) is 13.6 Å². The maximum Gasteiger partial charge on any atom is 0.363 e. The lowest BCUT2D eigenvalue weighted by atomic mass is 10.1. The molecule has 0 N–H and O–H groups in total. The van der Waals surface area contributed by atoms with Crippen molar-refractivity contribution in [3.8, 4) is 11.5 Å². The van der Waals surface area contributed by atoms with E-state index in [9.17, 15) is 4.79 Å². The number of methoxy groups -OCH3 is 1. The number of cyclic esters (lactones) is 1. The van der Waals surface area contributed by atoms with Gasteiger partial charge in [0.05, 0.1) is 7.11 Å². The molecule has 0 unspecified atom stereocenters. The van der Waals surface area contributed by atoms with Gasteiger partial charge in [-0.15, -0.1) is 0 Å². The summed E-state index contributed by atoms with van der Waals surface area (Å²) in [6.07, 6.45) is 1.68. The van der Waals surface area contributed by atoms with Gasteiger partial charge in [-0.05, 0) is 94.7 Å². The molecule has 7 heteroatoms. The van der Waals surface area contributed by atoms with Gasteiger partial charge in [-0.2, -0.15) is 0 Å². The average molecular weight is 604 g/mol. The number of nitrogens with zero attached hydrogens (tertiary/aromatic N) is 1. The summed E-state index contributed by atoms with van der Waals surface area (Å²) in [5.74, 6) is 1.01. The number of ether oxygens (including phenoxy) is 3. The van der Waals surface area contributed by atoms with Crippen molar-refractivity contribution in [3.05, 3.63) is 96.7 Å². The number of halogens is 2. The van der Waals surface area contributed by atoms with Crippen LogP contribution in [-0.2, 0) is 16.1 Å². The van der Waals surface area contributed by atoms with Crippen LogP contribution in [-0.4, -0.2) is 19.0 Å². The molecule has 0 atom stereocenters. The van der Waals surface area contributed by atoms with Crippen LogP contribution >= 0.6 is 38.5 Å². The van der Waals surface area contributed by atoms with E-state index in [1.54, 1.807) is 19.3 Å². The molecule has 0 aromatic heterocycles. The number of aliphatic imine (C=N–C) groups is 1. The summed E-state index contributed by atoms with van der Waals surface area (Å²) >= 11 is 5.69. The molecule has 3 aromatic rings. The zero-order chi connectivity index (χ0) is 22.7. The van der Waals surface area contributed by atoms with Crippen molar-refractivity contribution in [1.29, 1.82) is 0 Å². The summed E-state index contributed by atoms with van der Waals surface area (Å²) in [6.45, 7) is 2.42. The second-order valence-corrected chi connectivity index (χ2v) is 9.20. The van der Waals surface area contributed by atoms with E-state index in [4.69, 9.17) is 14.2 Å². The summed E-state index contributed by atoms with van der Waals surface area (Å²) in [7, 11) is 1.58. The Balaban J connectivity index is 1.54. The molecule has 4 rings (SSSR count). The van der Waals surface area contributed by atoms with E-state index >= 15 is 0 Å². The number of hydrogen-bond acceptors (Lipinski definition) is 5. The SMILES string of the molecule is COc1cc(/C=C2\N=C(c3ccc(I)c(C)c3)OC2=O)ccc1OCc1ccc(Br)cc1. The van der Waals surface area contributed by atoms with Crippen LogP contribution in [0.15, 0.2) is 75.8 Å². The number of hydrogen-bond donors (Lipinski definition) is 0. The predicted molar refractivity (Wildman–Crippen MR) is 136 cm³/mol. The molecule has 1 aliphatic heterocycles. The van der Waals surface area contributed by atoms with Crippen LogP contribution < -0.4 is 9.47 Å². The smallest absolute Gasteiger partial charge is 0.363 e. The largest absolute Gasteiger partial charge is 0.493 e. The van der Waals surface area contributed by atoms with E-state index < -0.39 is 5.97 Å². The van der Waals surface area contributed by atoms with Gasteiger partial charge in [-0.1, -0.05) is 34.1 Å². The van der Waals surface area contributed by atoms with Crippen LogP contribution in [0, 0.1) is 10.5 Å². The number of carbonyl (C=O) groups is 1. The van der Waals surface area contributed by atoms with E-state index in [1.807, 2.05) is 61.5 Å². The first-order chi connectivity index (χ1) is 15.4. The molecule has 0 bridgehead atoms. The highest BCUT2D eigenvalue weighted by atomic mass is 127. The van der Waals surface area contributed by atoms with Gasteiger partial charge in [0.2, 0.25) is 5.90 Å². The van der Waals surface area contributed by atoms with Gasteiger partial charge in [0.25, 0.3) is 0 Å². The third kappa shape index (κ3) is 5.21. The molecule has 3 aromatic carbocycles. The van der Waals surface area contributed by atoms with E-state index in [-0.39, 0.29) is 5.70 Å². The fourth-order valence-corrected chi connectivity index (χ4v) is 3.70. The monoisotopic (exact) mass is 603 g/mol. The lowest BCUT2D eigenvalue weighted by molar-refractivity contribution is -0.129. The molecule has 0 spiro atoms. The summed E-state index contributed by atoms with van der Waals surface area (Å²) in [6, 6.07) is 19.2. The molecular weight excluding hydrogens is 585 g/mol. The van der Waals surface area contributed by atoms with Gasteiger partial charge in [-0.25, -0.2) is 9.79 Å². The van der Waals surface area contributed by atoms with E-state index in [1.165, 1.54) is 0 Å². The Hall–Kier alpha value is -2.65. The summed E-state index contributed by atoms with van der Waals surface area (Å²) in [5.41, 5.74) is 3.91. The average Bonchev–Trinajstić information content (AvgIpc) is 3.15. The number of carbonyl (C=O) groups excluding carboxylic acids is 1. The highest BCUT2D eigenvalue weighted by Gasteiger charge is 2.24. The maximum absolute atomic E-state index is 12.4. The Morgan fingerprint density at radius 1 is 1.06 bits per heavy atom. The molecule has 0 amide bonds. The lowest BCUT2D eigenvalue weighted by Gasteiger charge is -2.11. The zero-order valence-corrected chi connectivity index (χ0v) is 21.1. The second-order valence-electron chi connectivity index (χ2n) is 7.13. The Labute approximate surface area is 208 Å². The third-order valence-corrected chi connectivity index (χ3v) is 6.56. The molecule has 32 heavy (non-hydrogen) atoms. The lowest BCUT2D eigenvalue weighted by Crippen LogP contribution is -2.05. The topological polar surface area (TPSA) is 57.1 Å². The van der Waals surface area contributed by atoms with Crippen LogP contribution in [0.5, 0.6) is 11.5 Å². The van der Waals surface area contributed by atoms with Crippen LogP contribution in [0.4, 0.5) is 0 Å². The first-order valence-electron chi connectivity index (χ1n) is 9.77. The Morgan fingerprint density at radius 2 is 1.84 bits per heavy atom. The quantitative estimate of drug-likeness (QED) is 0.189. The van der Waals surface area contributed by atoms with Crippen LogP contribution in [0.3, 0.4) is 0 Å². The zero-order valence-electron chi connectivity index (χ0n) is 17.4. The van der Waals surface area contributed by atoms with E-state index in [2.05, 4.69) is 43.5 Å². The van der Waals surface area contributed by atoms with Crippen molar-refractivity contribution in [3.63, 3.8) is 0 Å². The molecule has 1 heterocycles.